The zero-order valence-electron chi connectivity index (χ0n) is 8.72. The van der Waals surface area contributed by atoms with Crippen molar-refractivity contribution in [2.45, 2.75) is 20.8 Å². The van der Waals surface area contributed by atoms with Gasteiger partial charge >= 0.3 is 5.97 Å². The van der Waals surface area contributed by atoms with Crippen LogP contribution in [0.3, 0.4) is 0 Å². The molecule has 1 aromatic rings. The average molecular weight is 227 g/mol. The summed E-state index contributed by atoms with van der Waals surface area (Å²) in [5.41, 5.74) is 2.58. The molecule has 0 saturated heterocycles. The van der Waals surface area contributed by atoms with Crippen LogP contribution in [0.5, 0.6) is 0 Å². The minimum absolute atomic E-state index is 0.127. The summed E-state index contributed by atoms with van der Waals surface area (Å²) in [5, 5.41) is 8.31. The summed E-state index contributed by atoms with van der Waals surface area (Å²) in [6.45, 7) is 5.25. The SMILES string of the molecule is Cc1c(C(=O)O)cc(C(=O)Cl)c(C)c1C. The Bertz CT molecular complexity index is 411. The fraction of sp³-hybridized carbons (Fsp3) is 0.273. The third-order valence-electron chi connectivity index (χ3n) is 2.66. The fourth-order valence-corrected chi connectivity index (χ4v) is 1.67. The van der Waals surface area contributed by atoms with Gasteiger partial charge in [-0.05, 0) is 55.1 Å². The van der Waals surface area contributed by atoms with Crippen molar-refractivity contribution in [2.24, 2.45) is 0 Å². The molecule has 0 radical (unpaired) electrons. The number of carboxylic acid groups (broad SMARTS) is 1. The van der Waals surface area contributed by atoms with Gasteiger partial charge in [-0.15, -0.1) is 0 Å². The Morgan fingerprint density at radius 1 is 1.07 bits per heavy atom. The predicted molar refractivity (Wildman–Crippen MR) is 57.8 cm³/mol. The van der Waals surface area contributed by atoms with Gasteiger partial charge in [0.15, 0.2) is 0 Å². The minimum atomic E-state index is -1.05. The first-order valence-electron chi connectivity index (χ1n) is 4.40. The summed E-state index contributed by atoms with van der Waals surface area (Å²) < 4.78 is 0. The second-order valence-electron chi connectivity index (χ2n) is 3.43. The first-order valence-corrected chi connectivity index (χ1v) is 4.78. The van der Waals surface area contributed by atoms with E-state index in [0.717, 1.165) is 11.1 Å². The Labute approximate surface area is 92.7 Å². The van der Waals surface area contributed by atoms with E-state index in [1.807, 2.05) is 0 Å². The van der Waals surface area contributed by atoms with Crippen molar-refractivity contribution in [3.63, 3.8) is 0 Å². The van der Waals surface area contributed by atoms with Crippen molar-refractivity contribution < 1.29 is 14.7 Å². The molecule has 1 aromatic carbocycles. The maximum atomic E-state index is 11.1. The summed E-state index contributed by atoms with van der Waals surface area (Å²) in [5.74, 6) is -1.05. The van der Waals surface area contributed by atoms with Gasteiger partial charge in [0.2, 0.25) is 0 Å². The van der Waals surface area contributed by atoms with E-state index in [2.05, 4.69) is 0 Å². The molecule has 1 rings (SSSR count). The highest BCUT2D eigenvalue weighted by atomic mass is 35.5. The molecule has 0 aliphatic carbocycles. The molecule has 0 aliphatic heterocycles. The van der Waals surface area contributed by atoms with Gasteiger partial charge in [0.1, 0.15) is 0 Å². The largest absolute Gasteiger partial charge is 0.478 e. The molecule has 3 nitrogen and oxygen atoms in total. The Morgan fingerprint density at radius 3 is 1.93 bits per heavy atom. The number of aromatic carboxylic acids is 1. The van der Waals surface area contributed by atoms with E-state index in [1.165, 1.54) is 6.07 Å². The molecule has 4 heteroatoms. The third kappa shape index (κ3) is 2.02. The summed E-state index contributed by atoms with van der Waals surface area (Å²) in [7, 11) is 0. The lowest BCUT2D eigenvalue weighted by Crippen LogP contribution is -2.07. The highest BCUT2D eigenvalue weighted by Crippen LogP contribution is 2.23. The highest BCUT2D eigenvalue weighted by Gasteiger charge is 2.16. The second-order valence-corrected chi connectivity index (χ2v) is 3.77. The zero-order valence-corrected chi connectivity index (χ0v) is 9.47. The van der Waals surface area contributed by atoms with Crippen LogP contribution in [-0.2, 0) is 0 Å². The third-order valence-corrected chi connectivity index (χ3v) is 2.87. The number of rotatable bonds is 2. The number of carboxylic acids is 1. The number of halogens is 1. The first kappa shape index (κ1) is 11.7. The summed E-state index contributed by atoms with van der Waals surface area (Å²) >= 11 is 5.38. The zero-order chi connectivity index (χ0) is 11.7. The van der Waals surface area contributed by atoms with Gasteiger partial charge in [-0.2, -0.15) is 0 Å². The molecule has 0 heterocycles. The lowest BCUT2D eigenvalue weighted by Gasteiger charge is -2.11. The van der Waals surface area contributed by atoms with E-state index in [9.17, 15) is 9.59 Å². The highest BCUT2D eigenvalue weighted by molar-refractivity contribution is 6.68. The number of hydrogen-bond donors (Lipinski definition) is 1. The molecular weight excluding hydrogens is 216 g/mol. The summed E-state index contributed by atoms with van der Waals surface area (Å²) in [4.78, 5) is 22.0. The maximum absolute atomic E-state index is 11.1. The van der Waals surface area contributed by atoms with Crippen molar-refractivity contribution in [1.82, 2.24) is 0 Å². The van der Waals surface area contributed by atoms with E-state index in [0.29, 0.717) is 5.56 Å². The van der Waals surface area contributed by atoms with E-state index in [-0.39, 0.29) is 11.1 Å². The van der Waals surface area contributed by atoms with Gasteiger partial charge in [-0.25, -0.2) is 4.79 Å². The molecule has 1 N–H and O–H groups in total. The van der Waals surface area contributed by atoms with Crippen molar-refractivity contribution >= 4 is 22.8 Å². The van der Waals surface area contributed by atoms with Crippen LogP contribution in [0, 0.1) is 20.8 Å². The average Bonchev–Trinajstić information content (AvgIpc) is 2.13. The van der Waals surface area contributed by atoms with Gasteiger partial charge in [0, 0.05) is 5.56 Å². The van der Waals surface area contributed by atoms with E-state index in [1.54, 1.807) is 20.8 Å². The standard InChI is InChI=1S/C11H11ClO3/c1-5-6(2)8(10(12)13)4-9(7(5)3)11(14)15/h4H,1-3H3,(H,14,15). The Kier molecular flexibility index (Phi) is 3.15. The molecule has 0 unspecified atom stereocenters. The maximum Gasteiger partial charge on any atom is 0.335 e. The van der Waals surface area contributed by atoms with Crippen LogP contribution in [-0.4, -0.2) is 16.3 Å². The van der Waals surface area contributed by atoms with Crippen molar-refractivity contribution in [3.05, 3.63) is 33.9 Å². The number of benzene rings is 1. The van der Waals surface area contributed by atoms with Gasteiger partial charge in [0.05, 0.1) is 5.56 Å². The number of hydrogen-bond acceptors (Lipinski definition) is 2. The Balaban J connectivity index is 3.59. The second kappa shape index (κ2) is 4.03. The molecule has 0 atom stereocenters. The molecule has 0 aromatic heterocycles. The Morgan fingerprint density at radius 2 is 1.53 bits per heavy atom. The van der Waals surface area contributed by atoms with Crippen LogP contribution in [0.1, 0.15) is 37.4 Å². The molecule has 0 fully saturated rings. The monoisotopic (exact) mass is 226 g/mol. The smallest absolute Gasteiger partial charge is 0.335 e. The van der Waals surface area contributed by atoms with Crippen LogP contribution in [0.15, 0.2) is 6.07 Å². The molecule has 0 saturated carbocycles. The van der Waals surface area contributed by atoms with Gasteiger partial charge in [0.25, 0.3) is 5.24 Å². The quantitative estimate of drug-likeness (QED) is 0.789. The lowest BCUT2D eigenvalue weighted by atomic mass is 9.94. The molecule has 0 amide bonds. The normalized spacial score (nSPS) is 10.1. The number of carbonyl (C=O) groups excluding carboxylic acids is 1. The van der Waals surface area contributed by atoms with Crippen LogP contribution in [0.4, 0.5) is 0 Å². The van der Waals surface area contributed by atoms with Crippen molar-refractivity contribution in [2.75, 3.05) is 0 Å². The van der Waals surface area contributed by atoms with Crippen LogP contribution >= 0.6 is 11.6 Å². The van der Waals surface area contributed by atoms with E-state index in [4.69, 9.17) is 16.7 Å². The van der Waals surface area contributed by atoms with Crippen LogP contribution < -0.4 is 0 Å². The number of carbonyl (C=O) groups is 2. The molecular formula is C11H11ClO3. The van der Waals surface area contributed by atoms with E-state index >= 15 is 0 Å². The van der Waals surface area contributed by atoms with Gasteiger partial charge < -0.3 is 5.11 Å². The predicted octanol–water partition coefficient (Wildman–Crippen LogP) is 2.69. The molecule has 0 bridgehead atoms. The van der Waals surface area contributed by atoms with Crippen molar-refractivity contribution in [3.8, 4) is 0 Å². The summed E-state index contributed by atoms with van der Waals surface area (Å²) in [6.07, 6.45) is 0. The molecule has 0 spiro atoms. The van der Waals surface area contributed by atoms with Crippen molar-refractivity contribution in [1.29, 1.82) is 0 Å². The van der Waals surface area contributed by atoms with Gasteiger partial charge in [-0.1, -0.05) is 0 Å². The van der Waals surface area contributed by atoms with Crippen LogP contribution in [0.25, 0.3) is 0 Å². The Hall–Kier alpha value is -1.35. The van der Waals surface area contributed by atoms with Crippen LogP contribution in [0.2, 0.25) is 0 Å². The molecule has 80 valence electrons. The molecule has 15 heavy (non-hydrogen) atoms. The fourth-order valence-electron chi connectivity index (χ4n) is 1.47. The topological polar surface area (TPSA) is 54.4 Å². The first-order chi connectivity index (χ1) is 6.86. The van der Waals surface area contributed by atoms with Gasteiger partial charge in [-0.3, -0.25) is 4.79 Å². The summed E-state index contributed by atoms with van der Waals surface area (Å²) in [6, 6.07) is 1.33. The minimum Gasteiger partial charge on any atom is -0.478 e. The lowest BCUT2D eigenvalue weighted by molar-refractivity contribution is 0.0696. The van der Waals surface area contributed by atoms with E-state index < -0.39 is 11.2 Å². The molecule has 0 aliphatic rings.